The molecule has 0 fully saturated rings. The first-order valence-corrected chi connectivity index (χ1v) is 6.32. The smallest absolute Gasteiger partial charge is 0.395 e. The molecule has 20 heavy (non-hydrogen) atoms. The number of nitrogens with zero attached hydrogens (tertiary/aromatic N) is 1. The van der Waals surface area contributed by atoms with Crippen LogP contribution in [0.15, 0.2) is 24.3 Å². The molecule has 1 rings (SSSR count). The van der Waals surface area contributed by atoms with Crippen molar-refractivity contribution in [2.24, 2.45) is 0 Å². The lowest BCUT2D eigenvalue weighted by Gasteiger charge is -2.22. The van der Waals surface area contributed by atoms with Gasteiger partial charge in [-0.2, -0.15) is 13.2 Å². The maximum absolute atomic E-state index is 12.3. The second kappa shape index (κ2) is 7.40. The largest absolute Gasteiger partial charge is 0.401 e. The Balaban J connectivity index is 2.59. The summed E-state index contributed by atoms with van der Waals surface area (Å²) in [5.41, 5.74) is 1.34. The van der Waals surface area contributed by atoms with E-state index in [2.05, 4.69) is 0 Å². The van der Waals surface area contributed by atoms with Crippen LogP contribution < -0.4 is 0 Å². The van der Waals surface area contributed by atoms with E-state index in [1.807, 2.05) is 0 Å². The van der Waals surface area contributed by atoms with Crippen molar-refractivity contribution in [2.75, 3.05) is 26.2 Å². The molecule has 1 aromatic rings. The van der Waals surface area contributed by atoms with E-state index >= 15 is 0 Å². The number of Topliss-reactive ketones (excluding diaryl/α,β-unsaturated/α-hetero) is 1. The minimum atomic E-state index is -4.33. The molecule has 0 saturated heterocycles. The molecule has 0 aromatic heterocycles. The van der Waals surface area contributed by atoms with Crippen LogP contribution in [0.3, 0.4) is 0 Å². The van der Waals surface area contributed by atoms with E-state index in [1.54, 1.807) is 31.2 Å². The number of aliphatic hydroxyl groups is 1. The summed E-state index contributed by atoms with van der Waals surface area (Å²) in [4.78, 5) is 13.0. The summed E-state index contributed by atoms with van der Waals surface area (Å²) in [6, 6.07) is 6.97. The number of benzene rings is 1. The van der Waals surface area contributed by atoms with Gasteiger partial charge in [-0.3, -0.25) is 9.69 Å². The number of hydrogen-bond donors (Lipinski definition) is 1. The van der Waals surface area contributed by atoms with Crippen molar-refractivity contribution in [3.05, 3.63) is 35.4 Å². The summed E-state index contributed by atoms with van der Waals surface area (Å²) < 4.78 is 37.0. The monoisotopic (exact) mass is 289 g/mol. The molecule has 0 atom stereocenters. The standard InChI is InChI=1S/C14H18F3NO2/c1-11-4-2-3-5-12(11)13(20)6-7-18(8-9-19)10-14(15,16)17/h2-5,19H,6-10H2,1H3. The SMILES string of the molecule is Cc1ccccc1C(=O)CCN(CCO)CC(F)(F)F. The molecule has 1 aromatic carbocycles. The fraction of sp³-hybridized carbons (Fsp3) is 0.500. The highest BCUT2D eigenvalue weighted by molar-refractivity contribution is 5.97. The van der Waals surface area contributed by atoms with Crippen molar-refractivity contribution in [3.63, 3.8) is 0 Å². The van der Waals surface area contributed by atoms with Crippen LogP contribution in [0.4, 0.5) is 13.2 Å². The van der Waals surface area contributed by atoms with Crippen LogP contribution in [-0.2, 0) is 0 Å². The van der Waals surface area contributed by atoms with Crippen molar-refractivity contribution in [2.45, 2.75) is 19.5 Å². The molecular formula is C14H18F3NO2. The van der Waals surface area contributed by atoms with E-state index < -0.39 is 12.7 Å². The van der Waals surface area contributed by atoms with Gasteiger partial charge in [0.25, 0.3) is 0 Å². The number of ketones is 1. The van der Waals surface area contributed by atoms with Gasteiger partial charge in [-0.15, -0.1) is 0 Å². The molecule has 3 nitrogen and oxygen atoms in total. The quantitative estimate of drug-likeness (QED) is 0.784. The molecule has 0 amide bonds. The zero-order valence-corrected chi connectivity index (χ0v) is 11.3. The van der Waals surface area contributed by atoms with E-state index in [0.29, 0.717) is 5.56 Å². The number of aryl methyl sites for hydroxylation is 1. The number of rotatable bonds is 7. The highest BCUT2D eigenvalue weighted by atomic mass is 19.4. The Bertz CT molecular complexity index is 446. The lowest BCUT2D eigenvalue weighted by Crippen LogP contribution is -2.37. The lowest BCUT2D eigenvalue weighted by molar-refractivity contribution is -0.146. The summed E-state index contributed by atoms with van der Waals surface area (Å²) >= 11 is 0. The zero-order valence-electron chi connectivity index (χ0n) is 11.3. The topological polar surface area (TPSA) is 40.5 Å². The third-order valence-electron chi connectivity index (χ3n) is 2.92. The van der Waals surface area contributed by atoms with Crippen molar-refractivity contribution in [1.82, 2.24) is 4.90 Å². The molecule has 0 aliphatic rings. The molecule has 0 saturated carbocycles. The van der Waals surface area contributed by atoms with Gasteiger partial charge in [0.1, 0.15) is 0 Å². The molecular weight excluding hydrogens is 271 g/mol. The summed E-state index contributed by atoms with van der Waals surface area (Å²) in [5.74, 6) is -0.187. The van der Waals surface area contributed by atoms with Gasteiger partial charge in [-0.25, -0.2) is 0 Å². The van der Waals surface area contributed by atoms with Gasteiger partial charge in [-0.1, -0.05) is 24.3 Å². The van der Waals surface area contributed by atoms with Gasteiger partial charge in [0.2, 0.25) is 0 Å². The summed E-state index contributed by atoms with van der Waals surface area (Å²) in [7, 11) is 0. The van der Waals surface area contributed by atoms with Crippen LogP contribution in [0.5, 0.6) is 0 Å². The summed E-state index contributed by atoms with van der Waals surface area (Å²) in [5, 5.41) is 8.77. The normalized spacial score (nSPS) is 11.9. The number of carbonyl (C=O) groups excluding carboxylic acids is 1. The Hall–Kier alpha value is -1.40. The van der Waals surface area contributed by atoms with Crippen LogP contribution in [0.2, 0.25) is 0 Å². The van der Waals surface area contributed by atoms with Crippen molar-refractivity contribution in [1.29, 1.82) is 0 Å². The van der Waals surface area contributed by atoms with Crippen LogP contribution in [0.25, 0.3) is 0 Å². The van der Waals surface area contributed by atoms with Gasteiger partial charge in [0.15, 0.2) is 5.78 Å². The maximum Gasteiger partial charge on any atom is 0.401 e. The molecule has 0 aliphatic carbocycles. The molecule has 0 bridgehead atoms. The first-order chi connectivity index (χ1) is 9.33. The van der Waals surface area contributed by atoms with Gasteiger partial charge >= 0.3 is 6.18 Å². The van der Waals surface area contributed by atoms with E-state index in [9.17, 15) is 18.0 Å². The molecule has 0 spiro atoms. The second-order valence-electron chi connectivity index (χ2n) is 4.60. The molecule has 6 heteroatoms. The maximum atomic E-state index is 12.3. The Morgan fingerprint density at radius 1 is 1.25 bits per heavy atom. The van der Waals surface area contributed by atoms with Crippen molar-refractivity contribution < 1.29 is 23.1 Å². The third-order valence-corrected chi connectivity index (χ3v) is 2.92. The second-order valence-corrected chi connectivity index (χ2v) is 4.60. The number of halogens is 3. The van der Waals surface area contributed by atoms with Crippen LogP contribution >= 0.6 is 0 Å². The van der Waals surface area contributed by atoms with E-state index in [1.165, 1.54) is 0 Å². The predicted molar refractivity (Wildman–Crippen MR) is 69.7 cm³/mol. The zero-order chi connectivity index (χ0) is 15.2. The van der Waals surface area contributed by atoms with Gasteiger partial charge in [-0.05, 0) is 12.5 Å². The number of carbonyl (C=O) groups is 1. The average Bonchev–Trinajstić information content (AvgIpc) is 2.34. The highest BCUT2D eigenvalue weighted by Crippen LogP contribution is 2.17. The van der Waals surface area contributed by atoms with E-state index in [0.717, 1.165) is 10.5 Å². The third kappa shape index (κ3) is 5.71. The van der Waals surface area contributed by atoms with Crippen LogP contribution in [-0.4, -0.2) is 48.2 Å². The van der Waals surface area contributed by atoms with E-state index in [4.69, 9.17) is 5.11 Å². The fourth-order valence-electron chi connectivity index (χ4n) is 1.94. The fourth-order valence-corrected chi connectivity index (χ4v) is 1.94. The molecule has 1 N–H and O–H groups in total. The average molecular weight is 289 g/mol. The predicted octanol–water partition coefficient (Wildman–Crippen LogP) is 2.42. The summed E-state index contributed by atoms with van der Waals surface area (Å²) in [6.07, 6.45) is -4.33. The Morgan fingerprint density at radius 2 is 1.90 bits per heavy atom. The van der Waals surface area contributed by atoms with Crippen molar-refractivity contribution in [3.8, 4) is 0 Å². The molecule has 0 radical (unpaired) electrons. The number of alkyl halides is 3. The molecule has 0 unspecified atom stereocenters. The Morgan fingerprint density at radius 3 is 2.45 bits per heavy atom. The minimum absolute atomic E-state index is 0.000926. The van der Waals surface area contributed by atoms with Crippen LogP contribution in [0.1, 0.15) is 22.3 Å². The molecule has 112 valence electrons. The first kappa shape index (κ1) is 16.7. The molecule has 0 aliphatic heterocycles. The number of aliphatic hydroxyl groups excluding tert-OH is 1. The van der Waals surface area contributed by atoms with Gasteiger partial charge in [0.05, 0.1) is 13.2 Å². The highest BCUT2D eigenvalue weighted by Gasteiger charge is 2.30. The Kier molecular flexibility index (Phi) is 6.16. The minimum Gasteiger partial charge on any atom is -0.395 e. The summed E-state index contributed by atoms with van der Waals surface area (Å²) in [6.45, 7) is 0.186. The Labute approximate surface area is 116 Å². The lowest BCUT2D eigenvalue weighted by atomic mass is 10.0. The van der Waals surface area contributed by atoms with Gasteiger partial charge in [0, 0.05) is 25.1 Å². The van der Waals surface area contributed by atoms with E-state index in [-0.39, 0.29) is 31.9 Å². The molecule has 0 heterocycles. The van der Waals surface area contributed by atoms with Crippen LogP contribution in [0, 0.1) is 6.92 Å². The number of hydrogen-bond acceptors (Lipinski definition) is 3. The van der Waals surface area contributed by atoms with Crippen molar-refractivity contribution >= 4 is 5.78 Å². The first-order valence-electron chi connectivity index (χ1n) is 6.32. The van der Waals surface area contributed by atoms with Gasteiger partial charge < -0.3 is 5.11 Å².